The van der Waals surface area contributed by atoms with E-state index in [0.29, 0.717) is 11.8 Å². The number of anilines is 1. The van der Waals surface area contributed by atoms with Gasteiger partial charge in [-0.1, -0.05) is 24.3 Å². The number of ether oxygens (including phenoxy) is 1. The second kappa shape index (κ2) is 11.6. The van der Waals surface area contributed by atoms with Crippen LogP contribution in [0.4, 0.5) is 5.69 Å². The number of hydrogen-bond donors (Lipinski definition) is 0. The van der Waals surface area contributed by atoms with Crippen LogP contribution in [0.2, 0.25) is 0 Å². The lowest BCUT2D eigenvalue weighted by atomic mass is 9.56. The molecule has 2 saturated heterocycles. The number of hydrogen-bond acceptors (Lipinski definition) is 6. The number of esters is 1. The Morgan fingerprint density at radius 1 is 0.976 bits per heavy atom. The summed E-state index contributed by atoms with van der Waals surface area (Å²) in [6.45, 7) is 9.65. The van der Waals surface area contributed by atoms with Gasteiger partial charge < -0.3 is 19.4 Å². The van der Waals surface area contributed by atoms with Crippen LogP contribution >= 0.6 is 11.8 Å². The molecule has 5 nitrogen and oxygen atoms in total. The summed E-state index contributed by atoms with van der Waals surface area (Å²) in [4.78, 5) is 21.4. The molecule has 5 aliphatic rings. The van der Waals surface area contributed by atoms with Crippen molar-refractivity contribution in [1.29, 1.82) is 0 Å². The van der Waals surface area contributed by atoms with Crippen molar-refractivity contribution in [1.82, 2.24) is 9.80 Å². The molecule has 4 fully saturated rings. The minimum atomic E-state index is -0.119. The van der Waals surface area contributed by atoms with Crippen LogP contribution in [0.25, 0.3) is 0 Å². The van der Waals surface area contributed by atoms with Gasteiger partial charge in [-0.3, -0.25) is 4.79 Å². The van der Waals surface area contributed by atoms with Crippen molar-refractivity contribution in [2.75, 3.05) is 51.2 Å². The molecule has 0 aromatic heterocycles. The number of nitrogens with zero attached hydrogens (tertiary/aromatic N) is 3. The van der Waals surface area contributed by atoms with Gasteiger partial charge >= 0.3 is 5.97 Å². The smallest absolute Gasteiger partial charge is 0.302 e. The molecule has 2 saturated carbocycles. The van der Waals surface area contributed by atoms with E-state index in [-0.39, 0.29) is 17.5 Å². The highest BCUT2D eigenvalue weighted by Gasteiger charge is 2.54. The topological polar surface area (TPSA) is 36.0 Å². The maximum Gasteiger partial charge on any atom is 0.302 e. The van der Waals surface area contributed by atoms with Gasteiger partial charge in [-0.25, -0.2) is 0 Å². The van der Waals surface area contributed by atoms with Crippen molar-refractivity contribution in [3.63, 3.8) is 0 Å². The van der Waals surface area contributed by atoms with Crippen LogP contribution in [-0.2, 0) is 21.5 Å². The average molecular weight is 574 g/mol. The van der Waals surface area contributed by atoms with E-state index in [9.17, 15) is 4.79 Å². The SMILES string of the molecule is CC(=O)O[C@H]1CCCC1C1(C2CCN(CC3CN(c4ccc(SC5CC5)cc4)C3)CC2)CN(C)Cc2ccccc21. The Kier molecular flexibility index (Phi) is 7.85. The summed E-state index contributed by atoms with van der Waals surface area (Å²) in [5.41, 5.74) is 4.48. The fourth-order valence-corrected chi connectivity index (χ4v) is 9.88. The number of piperidine rings is 1. The highest BCUT2D eigenvalue weighted by Crippen LogP contribution is 2.54. The lowest BCUT2D eigenvalue weighted by molar-refractivity contribution is -0.150. The van der Waals surface area contributed by atoms with E-state index in [1.807, 2.05) is 11.8 Å². The summed E-state index contributed by atoms with van der Waals surface area (Å²) in [6, 6.07) is 18.5. The van der Waals surface area contributed by atoms with Gasteiger partial charge in [0.25, 0.3) is 0 Å². The highest BCUT2D eigenvalue weighted by molar-refractivity contribution is 8.00. The molecule has 220 valence electrons. The second-order valence-electron chi connectivity index (χ2n) is 13.7. The third-order valence-electron chi connectivity index (χ3n) is 10.7. The van der Waals surface area contributed by atoms with E-state index in [0.717, 1.165) is 37.1 Å². The van der Waals surface area contributed by atoms with Gasteiger partial charge in [0.1, 0.15) is 6.10 Å². The van der Waals surface area contributed by atoms with Crippen molar-refractivity contribution in [2.45, 2.75) is 80.1 Å². The first-order valence-electron chi connectivity index (χ1n) is 16.2. The Hall–Kier alpha value is -2.02. The molecule has 41 heavy (non-hydrogen) atoms. The molecule has 0 bridgehead atoms. The summed E-state index contributed by atoms with van der Waals surface area (Å²) in [5.74, 6) is 1.67. The van der Waals surface area contributed by atoms with Gasteiger partial charge in [0.05, 0.1) is 0 Å². The zero-order valence-corrected chi connectivity index (χ0v) is 25.8. The monoisotopic (exact) mass is 573 g/mol. The van der Waals surface area contributed by atoms with Crippen LogP contribution in [0.1, 0.15) is 63.0 Å². The molecule has 7 rings (SSSR count). The Morgan fingerprint density at radius 2 is 1.73 bits per heavy atom. The number of likely N-dealkylation sites (N-methyl/N-ethyl adjacent to an activating group) is 1. The lowest BCUT2D eigenvalue weighted by Crippen LogP contribution is -2.58. The van der Waals surface area contributed by atoms with Gasteiger partial charge in [-0.15, -0.1) is 11.8 Å². The van der Waals surface area contributed by atoms with E-state index < -0.39 is 0 Å². The molecule has 3 atom stereocenters. The summed E-state index contributed by atoms with van der Waals surface area (Å²) in [5, 5.41) is 0.871. The van der Waals surface area contributed by atoms with Crippen LogP contribution < -0.4 is 4.90 Å². The Bertz CT molecular complexity index is 1220. The van der Waals surface area contributed by atoms with E-state index in [4.69, 9.17) is 4.74 Å². The molecule has 2 unspecified atom stereocenters. The molecule has 2 aliphatic carbocycles. The average Bonchev–Trinajstić information content (AvgIpc) is 3.65. The fraction of sp³-hybridized carbons (Fsp3) is 0.629. The number of fused-ring (bicyclic) bond motifs is 1. The van der Waals surface area contributed by atoms with E-state index in [2.05, 4.69) is 70.3 Å². The number of thioether (sulfide) groups is 1. The first-order chi connectivity index (χ1) is 20.0. The molecular weight excluding hydrogens is 526 g/mol. The summed E-state index contributed by atoms with van der Waals surface area (Å²) in [7, 11) is 2.29. The second-order valence-corrected chi connectivity index (χ2v) is 15.1. The molecule has 2 aromatic carbocycles. The van der Waals surface area contributed by atoms with Crippen molar-refractivity contribution in [3.8, 4) is 0 Å². The van der Waals surface area contributed by atoms with Crippen molar-refractivity contribution in [3.05, 3.63) is 59.7 Å². The van der Waals surface area contributed by atoms with Crippen molar-refractivity contribution < 1.29 is 9.53 Å². The maximum atomic E-state index is 12.1. The molecule has 0 spiro atoms. The Balaban J connectivity index is 1.01. The Labute approximate surface area is 251 Å². The number of benzene rings is 2. The lowest BCUT2D eigenvalue weighted by Gasteiger charge is -2.54. The van der Waals surface area contributed by atoms with E-state index in [1.165, 1.54) is 81.0 Å². The molecule has 6 heteroatoms. The van der Waals surface area contributed by atoms with Gasteiger partial charge in [-0.05, 0) is 106 Å². The normalized spacial score (nSPS) is 29.8. The molecular formula is C35H47N3O2S. The van der Waals surface area contributed by atoms with Crippen LogP contribution in [-0.4, -0.2) is 73.4 Å². The number of carbonyl (C=O) groups excluding carboxylic acids is 1. The van der Waals surface area contributed by atoms with E-state index in [1.54, 1.807) is 12.5 Å². The molecule has 3 heterocycles. The van der Waals surface area contributed by atoms with Crippen LogP contribution in [0.3, 0.4) is 0 Å². The third-order valence-corrected chi connectivity index (χ3v) is 12.1. The summed E-state index contributed by atoms with van der Waals surface area (Å²) >= 11 is 2.05. The fourth-order valence-electron chi connectivity index (χ4n) is 8.83. The van der Waals surface area contributed by atoms with Crippen LogP contribution in [0.5, 0.6) is 0 Å². The third kappa shape index (κ3) is 5.69. The summed E-state index contributed by atoms with van der Waals surface area (Å²) in [6.07, 6.45) is 8.64. The van der Waals surface area contributed by atoms with E-state index >= 15 is 0 Å². The predicted molar refractivity (Wildman–Crippen MR) is 168 cm³/mol. The molecule has 0 N–H and O–H groups in total. The molecule has 0 amide bonds. The minimum Gasteiger partial charge on any atom is -0.462 e. The number of carbonyl (C=O) groups is 1. The summed E-state index contributed by atoms with van der Waals surface area (Å²) < 4.78 is 6.04. The first-order valence-corrected chi connectivity index (χ1v) is 17.0. The quantitative estimate of drug-likeness (QED) is 0.350. The molecule has 0 radical (unpaired) electrons. The standard InChI is InChI=1S/C35H47N3O2S/c1-25(39)40-34-9-5-8-33(34)35(24-36(2)23-27-6-3-4-7-32(27)35)28-16-18-37(19-17-28)20-26-21-38(22-26)29-10-12-30(13-11-29)41-31-14-15-31/h3-4,6-7,10-13,26,28,31,33-34H,5,8-9,14-24H2,1-2H3/t33?,34-,35?/m0/s1. The van der Waals surface area contributed by atoms with Gasteiger partial charge in [0.15, 0.2) is 0 Å². The Morgan fingerprint density at radius 3 is 2.46 bits per heavy atom. The minimum absolute atomic E-state index is 0.0485. The zero-order valence-electron chi connectivity index (χ0n) is 25.0. The van der Waals surface area contributed by atoms with Gasteiger partial charge in [0.2, 0.25) is 0 Å². The van der Waals surface area contributed by atoms with Crippen LogP contribution in [0.15, 0.2) is 53.4 Å². The maximum absolute atomic E-state index is 12.1. The first kappa shape index (κ1) is 27.8. The van der Waals surface area contributed by atoms with Gasteiger partial charge in [-0.2, -0.15) is 0 Å². The van der Waals surface area contributed by atoms with Crippen LogP contribution in [0, 0.1) is 17.8 Å². The predicted octanol–water partition coefficient (Wildman–Crippen LogP) is 6.20. The highest BCUT2D eigenvalue weighted by atomic mass is 32.2. The zero-order chi connectivity index (χ0) is 28.0. The van der Waals surface area contributed by atoms with Crippen molar-refractivity contribution >= 4 is 23.4 Å². The molecule has 2 aromatic rings. The van der Waals surface area contributed by atoms with Crippen molar-refractivity contribution in [2.24, 2.45) is 17.8 Å². The number of likely N-dealkylation sites (tertiary alicyclic amines) is 1. The largest absolute Gasteiger partial charge is 0.462 e. The van der Waals surface area contributed by atoms with Gasteiger partial charge in [0, 0.05) is 72.7 Å². The molecule has 3 aliphatic heterocycles. The number of rotatable bonds is 8.